The summed E-state index contributed by atoms with van der Waals surface area (Å²) in [7, 11) is 0. The van der Waals surface area contributed by atoms with Gasteiger partial charge in [-0.3, -0.25) is 0 Å². The zero-order chi connectivity index (χ0) is 12.5. The van der Waals surface area contributed by atoms with Gasteiger partial charge in [0.05, 0.1) is 6.10 Å². The van der Waals surface area contributed by atoms with Crippen molar-refractivity contribution in [1.82, 2.24) is 0 Å². The normalized spacial score (nSPS) is 13.4. The van der Waals surface area contributed by atoms with Crippen LogP contribution in [0.3, 0.4) is 0 Å². The highest BCUT2D eigenvalue weighted by molar-refractivity contribution is 5.52. The lowest BCUT2D eigenvalue weighted by atomic mass is 10.2. The first kappa shape index (κ1) is 13.5. The van der Waals surface area contributed by atoms with Gasteiger partial charge in [0.25, 0.3) is 0 Å². The van der Waals surface area contributed by atoms with Gasteiger partial charge in [0.1, 0.15) is 6.61 Å². The fraction of sp³-hybridized carbons (Fsp3) is 0.357. The van der Waals surface area contributed by atoms with Gasteiger partial charge in [-0.1, -0.05) is 36.4 Å². The molecule has 17 heavy (non-hydrogen) atoms. The number of hydrogen-bond acceptors (Lipinski definition) is 2. The SMILES string of the molecule is C=CCC(C)OC/C=[N+](/[O-])Cc1ccccc1. The number of hydroxylamine groups is 1. The fourth-order valence-corrected chi connectivity index (χ4v) is 1.42. The molecule has 3 heteroatoms. The summed E-state index contributed by atoms with van der Waals surface area (Å²) < 4.78 is 6.32. The van der Waals surface area contributed by atoms with Crippen molar-refractivity contribution in [2.24, 2.45) is 0 Å². The quantitative estimate of drug-likeness (QED) is 0.239. The van der Waals surface area contributed by atoms with E-state index < -0.39 is 0 Å². The molecule has 0 saturated carbocycles. The zero-order valence-corrected chi connectivity index (χ0v) is 10.2. The average Bonchev–Trinajstić information content (AvgIpc) is 2.30. The van der Waals surface area contributed by atoms with E-state index in [0.717, 1.165) is 16.7 Å². The van der Waals surface area contributed by atoms with E-state index in [1.54, 1.807) is 0 Å². The molecule has 0 aliphatic carbocycles. The largest absolute Gasteiger partial charge is 0.624 e. The van der Waals surface area contributed by atoms with Crippen molar-refractivity contribution in [1.29, 1.82) is 0 Å². The van der Waals surface area contributed by atoms with E-state index in [-0.39, 0.29) is 6.10 Å². The van der Waals surface area contributed by atoms with E-state index in [1.165, 1.54) is 6.21 Å². The van der Waals surface area contributed by atoms with Crippen molar-refractivity contribution in [3.05, 3.63) is 53.8 Å². The van der Waals surface area contributed by atoms with Crippen molar-refractivity contribution in [3.63, 3.8) is 0 Å². The minimum Gasteiger partial charge on any atom is -0.624 e. The van der Waals surface area contributed by atoms with Crippen LogP contribution in [0.4, 0.5) is 0 Å². The van der Waals surface area contributed by atoms with Crippen LogP contribution in [0.5, 0.6) is 0 Å². The third-order valence-corrected chi connectivity index (χ3v) is 2.34. The number of benzene rings is 1. The third-order valence-electron chi connectivity index (χ3n) is 2.34. The highest BCUT2D eigenvalue weighted by atomic mass is 16.5. The Morgan fingerprint density at radius 2 is 2.12 bits per heavy atom. The molecule has 92 valence electrons. The Labute approximate surface area is 103 Å². The van der Waals surface area contributed by atoms with Crippen LogP contribution in [-0.4, -0.2) is 23.7 Å². The molecule has 1 aromatic carbocycles. The summed E-state index contributed by atoms with van der Waals surface area (Å²) in [5, 5.41) is 11.5. The molecule has 0 amide bonds. The molecule has 0 aliphatic heterocycles. The highest BCUT2D eigenvalue weighted by Crippen LogP contribution is 2.00. The standard InChI is InChI=1S/C14H19NO2/c1-3-7-13(2)17-11-10-15(16)12-14-8-5-4-6-9-14/h3-6,8-10,13H,1,7,11-12H2,2H3/b15-10+. The number of nitrogens with zero attached hydrogens (tertiary/aromatic N) is 1. The minimum absolute atomic E-state index is 0.105. The Morgan fingerprint density at radius 1 is 1.41 bits per heavy atom. The molecule has 0 bridgehead atoms. The van der Waals surface area contributed by atoms with Crippen LogP contribution in [0.1, 0.15) is 18.9 Å². The zero-order valence-electron chi connectivity index (χ0n) is 10.2. The Bertz CT molecular complexity index is 360. The van der Waals surface area contributed by atoms with Gasteiger partial charge >= 0.3 is 0 Å². The Kier molecular flexibility index (Phi) is 6.04. The number of rotatable bonds is 7. The van der Waals surface area contributed by atoms with E-state index in [0.29, 0.717) is 13.2 Å². The van der Waals surface area contributed by atoms with Crippen LogP contribution in [0, 0.1) is 5.21 Å². The topological polar surface area (TPSA) is 35.3 Å². The number of hydrogen-bond donors (Lipinski definition) is 0. The maximum Gasteiger partial charge on any atom is 0.178 e. The predicted molar refractivity (Wildman–Crippen MR) is 70.1 cm³/mol. The monoisotopic (exact) mass is 233 g/mol. The van der Waals surface area contributed by atoms with Gasteiger partial charge in [0.15, 0.2) is 12.8 Å². The van der Waals surface area contributed by atoms with Crippen LogP contribution < -0.4 is 0 Å². The van der Waals surface area contributed by atoms with E-state index in [4.69, 9.17) is 4.74 Å². The summed E-state index contributed by atoms with van der Waals surface area (Å²) >= 11 is 0. The molecule has 0 aliphatic rings. The van der Waals surface area contributed by atoms with E-state index >= 15 is 0 Å². The smallest absolute Gasteiger partial charge is 0.178 e. The average molecular weight is 233 g/mol. The first-order chi connectivity index (χ1) is 8.22. The molecule has 0 spiro atoms. The van der Waals surface area contributed by atoms with Crippen molar-refractivity contribution >= 4 is 6.21 Å². The van der Waals surface area contributed by atoms with Gasteiger partial charge in [-0.2, -0.15) is 0 Å². The summed E-state index contributed by atoms with van der Waals surface area (Å²) in [5.74, 6) is 0. The molecule has 0 aromatic heterocycles. The van der Waals surface area contributed by atoms with Gasteiger partial charge in [-0.25, -0.2) is 4.74 Å². The lowest BCUT2D eigenvalue weighted by Crippen LogP contribution is -2.13. The summed E-state index contributed by atoms with van der Waals surface area (Å²) in [6.45, 7) is 6.30. The molecule has 0 heterocycles. The molecule has 1 unspecified atom stereocenters. The van der Waals surface area contributed by atoms with Gasteiger partial charge in [-0.15, -0.1) is 6.58 Å². The molecule has 0 N–H and O–H groups in total. The third kappa shape index (κ3) is 5.88. The minimum atomic E-state index is 0.105. The molecule has 0 saturated heterocycles. The van der Waals surface area contributed by atoms with Crippen LogP contribution in [0.25, 0.3) is 0 Å². The van der Waals surface area contributed by atoms with Crippen LogP contribution in [0.2, 0.25) is 0 Å². The molecular formula is C14H19NO2. The van der Waals surface area contributed by atoms with Gasteiger partial charge in [0, 0.05) is 5.56 Å². The molecule has 1 rings (SSSR count). The molecule has 1 atom stereocenters. The maximum atomic E-state index is 11.5. The first-order valence-electron chi connectivity index (χ1n) is 5.76. The van der Waals surface area contributed by atoms with Gasteiger partial charge < -0.3 is 9.94 Å². The summed E-state index contributed by atoms with van der Waals surface area (Å²) in [4.78, 5) is 0. The van der Waals surface area contributed by atoms with Crippen molar-refractivity contribution < 1.29 is 9.48 Å². The first-order valence-corrected chi connectivity index (χ1v) is 5.76. The second kappa shape index (κ2) is 7.63. The Balaban J connectivity index is 2.32. The van der Waals surface area contributed by atoms with Gasteiger partial charge in [0.2, 0.25) is 0 Å². The predicted octanol–water partition coefficient (Wildman–Crippen LogP) is 2.75. The molecular weight excluding hydrogens is 214 g/mol. The van der Waals surface area contributed by atoms with Crippen molar-refractivity contribution in [2.75, 3.05) is 6.61 Å². The Hall–Kier alpha value is -1.61. The summed E-state index contributed by atoms with van der Waals surface area (Å²) in [6.07, 6.45) is 4.23. The van der Waals surface area contributed by atoms with Crippen molar-refractivity contribution in [3.8, 4) is 0 Å². The van der Waals surface area contributed by atoms with Crippen LogP contribution >= 0.6 is 0 Å². The Morgan fingerprint density at radius 3 is 2.76 bits per heavy atom. The molecule has 0 fully saturated rings. The van der Waals surface area contributed by atoms with Crippen LogP contribution in [0.15, 0.2) is 43.0 Å². The molecule has 0 radical (unpaired) electrons. The highest BCUT2D eigenvalue weighted by Gasteiger charge is 2.00. The summed E-state index contributed by atoms with van der Waals surface area (Å²) in [6, 6.07) is 9.64. The van der Waals surface area contributed by atoms with E-state index in [2.05, 4.69) is 6.58 Å². The maximum absolute atomic E-state index is 11.5. The lowest BCUT2D eigenvalue weighted by Gasteiger charge is -2.08. The second-order valence-corrected chi connectivity index (χ2v) is 3.91. The summed E-state index contributed by atoms with van der Waals surface area (Å²) in [5.41, 5.74) is 0.998. The molecule has 3 nitrogen and oxygen atoms in total. The van der Waals surface area contributed by atoms with E-state index in [1.807, 2.05) is 43.3 Å². The second-order valence-electron chi connectivity index (χ2n) is 3.91. The molecule has 1 aromatic rings. The van der Waals surface area contributed by atoms with Crippen molar-refractivity contribution in [2.45, 2.75) is 26.0 Å². The van der Waals surface area contributed by atoms with Crippen LogP contribution in [-0.2, 0) is 11.3 Å². The lowest BCUT2D eigenvalue weighted by molar-refractivity contribution is -0.471. The van der Waals surface area contributed by atoms with Gasteiger partial charge in [-0.05, 0) is 13.3 Å². The number of ether oxygens (including phenoxy) is 1. The fourth-order valence-electron chi connectivity index (χ4n) is 1.42. The van der Waals surface area contributed by atoms with E-state index in [9.17, 15) is 5.21 Å².